The number of ketones is 1. The number of carbonyl (C=O) groups is 3. The summed E-state index contributed by atoms with van der Waals surface area (Å²) in [5.41, 5.74) is 0.761. The van der Waals surface area contributed by atoms with Gasteiger partial charge in [0.15, 0.2) is 5.78 Å². The van der Waals surface area contributed by atoms with Crippen molar-refractivity contribution in [2.45, 2.75) is 113 Å². The van der Waals surface area contributed by atoms with E-state index in [2.05, 4.69) is 6.08 Å². The minimum atomic E-state index is -3.88. The molecule has 282 valence electrons. The summed E-state index contributed by atoms with van der Waals surface area (Å²) < 4.78 is 32.3. The third-order valence-electron chi connectivity index (χ3n) is 11.9. The topological polar surface area (TPSA) is 119 Å². The van der Waals surface area contributed by atoms with Crippen molar-refractivity contribution in [3.63, 3.8) is 0 Å². The standard InChI is InChI=1S/C43H52NO8P/c1-50-35-21-22-37-31(23-35)16-12-20-40(37)51-36-25-38-39(45)27-43(53(48,49)29-30-13-6-5-7-14-30)26-33(43)17-9-4-2-3-8-15-32(42(47)44(38)28-36)24-41(46)52-34-18-10-11-19-34/h5-7,9,12-14,16-17,20-23,32-34,36,38H,2-4,8,10-11,15,18-19,24-29H2,1H3,(H,48,49)/b17-9-/t32?,33-,36+,38-,43+/m0/s1. The lowest BCUT2D eigenvalue weighted by Crippen LogP contribution is -2.45. The second-order valence-electron chi connectivity index (χ2n) is 15.6. The number of amides is 1. The van der Waals surface area contributed by atoms with Crippen molar-refractivity contribution >= 4 is 35.8 Å². The number of nitrogens with zero attached hydrogens (tertiary/aromatic N) is 1. The number of methoxy groups -OCH3 is 1. The number of allylic oxidation sites excluding steroid dienone is 2. The van der Waals surface area contributed by atoms with Crippen LogP contribution < -0.4 is 9.47 Å². The van der Waals surface area contributed by atoms with Crippen LogP contribution in [0.3, 0.4) is 0 Å². The average molecular weight is 742 g/mol. The van der Waals surface area contributed by atoms with E-state index in [9.17, 15) is 23.8 Å². The molecule has 3 aromatic carbocycles. The Kier molecular flexibility index (Phi) is 11.4. The third-order valence-corrected chi connectivity index (χ3v) is 14.8. The van der Waals surface area contributed by atoms with E-state index in [0.717, 1.165) is 73.5 Å². The maximum Gasteiger partial charge on any atom is 0.306 e. The third kappa shape index (κ3) is 8.42. The van der Waals surface area contributed by atoms with Crippen molar-refractivity contribution in [2.24, 2.45) is 11.8 Å². The van der Waals surface area contributed by atoms with Gasteiger partial charge in [-0.3, -0.25) is 18.9 Å². The van der Waals surface area contributed by atoms with Gasteiger partial charge in [0, 0.05) is 24.1 Å². The average Bonchev–Trinajstić information content (AvgIpc) is 3.42. The van der Waals surface area contributed by atoms with Crippen molar-refractivity contribution in [3.8, 4) is 11.5 Å². The summed E-state index contributed by atoms with van der Waals surface area (Å²) in [5.74, 6) is -0.294. The fourth-order valence-corrected chi connectivity index (χ4v) is 11.4. The van der Waals surface area contributed by atoms with Crippen LogP contribution in [0.4, 0.5) is 0 Å². The number of esters is 1. The van der Waals surface area contributed by atoms with Crippen LogP contribution in [0.1, 0.15) is 89.0 Å². The second-order valence-corrected chi connectivity index (χ2v) is 18.2. The molecule has 53 heavy (non-hydrogen) atoms. The van der Waals surface area contributed by atoms with Gasteiger partial charge in [-0.15, -0.1) is 0 Å². The van der Waals surface area contributed by atoms with Crippen LogP contribution in [-0.4, -0.2) is 64.5 Å². The molecule has 0 spiro atoms. The zero-order chi connectivity index (χ0) is 37.0. The fraction of sp³-hybridized carbons (Fsp3) is 0.512. The SMILES string of the molecule is COc1ccc2c(O[C@@H]3C[C@H]4C(=O)C[C@]5(P(=O)(O)Cc6ccccc6)C[C@@H]5/C=C\CCCCCC(CC(=O)OC5CCCC5)C(=O)N4C3)cccc2c1. The van der Waals surface area contributed by atoms with Gasteiger partial charge in [-0.2, -0.15) is 0 Å². The minimum Gasteiger partial charge on any atom is -0.497 e. The van der Waals surface area contributed by atoms with E-state index in [1.54, 1.807) is 12.0 Å². The Hall–Kier alpha value is -3.94. The second kappa shape index (κ2) is 16.2. The monoisotopic (exact) mass is 741 g/mol. The van der Waals surface area contributed by atoms with E-state index in [1.807, 2.05) is 72.8 Å². The number of hydrogen-bond donors (Lipinski definition) is 1. The van der Waals surface area contributed by atoms with E-state index in [4.69, 9.17) is 14.2 Å². The first kappa shape index (κ1) is 37.4. The molecule has 6 atom stereocenters. The van der Waals surface area contributed by atoms with Gasteiger partial charge in [0.05, 0.1) is 37.4 Å². The molecule has 3 fully saturated rings. The molecule has 2 heterocycles. The quantitative estimate of drug-likeness (QED) is 0.132. The number of hydrogen-bond acceptors (Lipinski definition) is 7. The summed E-state index contributed by atoms with van der Waals surface area (Å²) in [4.78, 5) is 56.0. The molecule has 0 aromatic heterocycles. The molecule has 10 heteroatoms. The first-order valence-corrected chi connectivity index (χ1v) is 21.3. The van der Waals surface area contributed by atoms with Gasteiger partial charge >= 0.3 is 5.97 Å². The van der Waals surface area contributed by atoms with Crippen molar-refractivity contribution in [3.05, 3.63) is 84.4 Å². The number of fused-ring (bicyclic) bond motifs is 3. The summed E-state index contributed by atoms with van der Waals surface area (Å²) in [6, 6.07) is 20.0. The highest BCUT2D eigenvalue weighted by Gasteiger charge is 2.65. The summed E-state index contributed by atoms with van der Waals surface area (Å²) in [6.07, 6.45) is 11.7. The Morgan fingerprint density at radius 3 is 2.53 bits per heavy atom. The van der Waals surface area contributed by atoms with Crippen LogP contribution in [0.25, 0.3) is 10.8 Å². The molecular formula is C43H52NO8P. The zero-order valence-electron chi connectivity index (χ0n) is 30.7. The smallest absolute Gasteiger partial charge is 0.306 e. The lowest BCUT2D eigenvalue weighted by atomic mass is 9.94. The van der Waals surface area contributed by atoms with E-state index in [0.29, 0.717) is 18.6 Å². The van der Waals surface area contributed by atoms with Gasteiger partial charge < -0.3 is 24.0 Å². The summed E-state index contributed by atoms with van der Waals surface area (Å²) in [6.45, 7) is 0.174. The largest absolute Gasteiger partial charge is 0.497 e. The van der Waals surface area contributed by atoms with E-state index < -0.39 is 30.6 Å². The molecule has 0 radical (unpaired) electrons. The van der Waals surface area contributed by atoms with Gasteiger partial charge in [0.2, 0.25) is 13.3 Å². The molecule has 7 rings (SSSR count). The molecule has 2 unspecified atom stereocenters. The molecule has 1 saturated heterocycles. The van der Waals surface area contributed by atoms with Crippen LogP contribution in [0.5, 0.6) is 11.5 Å². The molecule has 1 amide bonds. The van der Waals surface area contributed by atoms with Crippen molar-refractivity contribution in [1.29, 1.82) is 0 Å². The van der Waals surface area contributed by atoms with Gasteiger partial charge in [0.1, 0.15) is 23.7 Å². The Morgan fingerprint density at radius 1 is 0.943 bits per heavy atom. The minimum absolute atomic E-state index is 0.0123. The lowest BCUT2D eigenvalue weighted by molar-refractivity contribution is -0.154. The number of carbonyl (C=O) groups excluding carboxylic acids is 3. The molecule has 0 bridgehead atoms. The highest BCUT2D eigenvalue weighted by Crippen LogP contribution is 2.74. The predicted octanol–water partition coefficient (Wildman–Crippen LogP) is 8.40. The van der Waals surface area contributed by atoms with Gasteiger partial charge in [-0.05, 0) is 92.5 Å². The highest BCUT2D eigenvalue weighted by atomic mass is 31.2. The maximum absolute atomic E-state index is 14.7. The van der Waals surface area contributed by atoms with Gasteiger partial charge in [-0.1, -0.05) is 67.5 Å². The Morgan fingerprint density at radius 2 is 1.74 bits per heavy atom. The Balaban J connectivity index is 1.19. The molecule has 3 aromatic rings. The summed E-state index contributed by atoms with van der Waals surface area (Å²) in [5, 5.41) is 0.731. The predicted molar refractivity (Wildman–Crippen MR) is 204 cm³/mol. The number of benzene rings is 3. The Labute approximate surface area is 312 Å². The highest BCUT2D eigenvalue weighted by molar-refractivity contribution is 7.59. The van der Waals surface area contributed by atoms with Crippen LogP contribution in [0.2, 0.25) is 0 Å². The summed E-state index contributed by atoms with van der Waals surface area (Å²) >= 11 is 0. The van der Waals surface area contributed by atoms with Gasteiger partial charge in [0.25, 0.3) is 0 Å². The molecule has 2 saturated carbocycles. The Bertz CT molecular complexity index is 1870. The van der Waals surface area contributed by atoms with E-state index in [-0.39, 0.29) is 61.7 Å². The maximum atomic E-state index is 14.7. The molecule has 2 aliphatic carbocycles. The normalized spacial score (nSPS) is 28.6. The lowest BCUT2D eigenvalue weighted by Gasteiger charge is -2.30. The van der Waals surface area contributed by atoms with Crippen LogP contribution >= 0.6 is 7.37 Å². The van der Waals surface area contributed by atoms with Crippen LogP contribution in [-0.2, 0) is 29.8 Å². The molecule has 4 aliphatic rings. The van der Waals surface area contributed by atoms with E-state index >= 15 is 0 Å². The van der Waals surface area contributed by atoms with Crippen molar-refractivity contribution in [1.82, 2.24) is 4.90 Å². The molecule has 1 N–H and O–H groups in total. The molecule has 9 nitrogen and oxygen atoms in total. The fourth-order valence-electron chi connectivity index (χ4n) is 8.86. The summed E-state index contributed by atoms with van der Waals surface area (Å²) in [7, 11) is -2.26. The van der Waals surface area contributed by atoms with E-state index in [1.165, 1.54) is 0 Å². The molecular weight excluding hydrogens is 689 g/mol. The van der Waals surface area contributed by atoms with Crippen LogP contribution in [0, 0.1) is 11.8 Å². The first-order valence-electron chi connectivity index (χ1n) is 19.4. The van der Waals surface area contributed by atoms with Gasteiger partial charge in [-0.25, -0.2) is 0 Å². The first-order chi connectivity index (χ1) is 25.7. The van der Waals surface area contributed by atoms with Crippen molar-refractivity contribution in [2.75, 3.05) is 13.7 Å². The zero-order valence-corrected chi connectivity index (χ0v) is 31.6. The number of ether oxygens (including phenoxy) is 3. The number of Topliss-reactive ketones (excluding diaryl/α,β-unsaturated/α-hetero) is 1. The number of rotatable bonds is 9. The van der Waals surface area contributed by atoms with Crippen molar-refractivity contribution < 1.29 is 38.1 Å². The van der Waals surface area contributed by atoms with Crippen LogP contribution in [0.15, 0.2) is 78.9 Å². The molecule has 2 aliphatic heterocycles.